The summed E-state index contributed by atoms with van der Waals surface area (Å²) in [7, 11) is 0. The van der Waals surface area contributed by atoms with Gasteiger partial charge in [0.15, 0.2) is 0 Å². The van der Waals surface area contributed by atoms with E-state index in [-0.39, 0.29) is 16.2 Å². The van der Waals surface area contributed by atoms with Gasteiger partial charge in [0, 0.05) is 15.8 Å². The molecular weight excluding hydrogens is 290 g/mol. The Morgan fingerprint density at radius 1 is 1.09 bits per heavy atom. The summed E-state index contributed by atoms with van der Waals surface area (Å²) in [5.41, 5.74) is 1.65. The van der Waals surface area contributed by atoms with E-state index in [0.717, 1.165) is 24.8 Å². The zero-order valence-electron chi connectivity index (χ0n) is 15.3. The maximum absolute atomic E-state index is 12.4. The third-order valence-corrected chi connectivity index (χ3v) is 4.52. The number of hydrogen-bond donors (Lipinski definition) is 2. The van der Waals surface area contributed by atoms with Crippen LogP contribution in [0.25, 0.3) is 0 Å². The summed E-state index contributed by atoms with van der Waals surface area (Å²) in [5.74, 6) is -0.00501. The minimum absolute atomic E-state index is 0.00501. The smallest absolute Gasteiger partial charge is 0.251 e. The van der Waals surface area contributed by atoms with Crippen molar-refractivity contribution in [1.29, 1.82) is 0 Å². The van der Waals surface area contributed by atoms with Crippen molar-refractivity contribution in [2.75, 3.05) is 0 Å². The van der Waals surface area contributed by atoms with Gasteiger partial charge in [-0.2, -0.15) is 12.6 Å². The first-order valence-corrected chi connectivity index (χ1v) is 8.77. The Morgan fingerprint density at radius 2 is 1.59 bits per heavy atom. The van der Waals surface area contributed by atoms with E-state index >= 15 is 0 Å². The van der Waals surface area contributed by atoms with E-state index in [9.17, 15) is 4.79 Å². The molecule has 1 aromatic rings. The van der Waals surface area contributed by atoms with Crippen LogP contribution in [0.3, 0.4) is 0 Å². The molecule has 2 nitrogen and oxygen atoms in total. The Hall–Kier alpha value is -0.960. The highest BCUT2D eigenvalue weighted by Crippen LogP contribution is 2.31. The van der Waals surface area contributed by atoms with Gasteiger partial charge in [0.1, 0.15) is 0 Å². The SMILES string of the molecule is CC.CCC(C)(S)CC(C)(CC)NC(=O)c1ccc(C)cc1. The fourth-order valence-corrected chi connectivity index (χ4v) is 2.62. The van der Waals surface area contributed by atoms with Crippen LogP contribution in [0.5, 0.6) is 0 Å². The number of thiol groups is 1. The third-order valence-electron chi connectivity index (χ3n) is 4.04. The van der Waals surface area contributed by atoms with Gasteiger partial charge in [-0.3, -0.25) is 4.79 Å². The molecule has 0 spiro atoms. The van der Waals surface area contributed by atoms with Crippen LogP contribution in [0.15, 0.2) is 24.3 Å². The Balaban J connectivity index is 0.00000211. The molecule has 0 aliphatic heterocycles. The molecule has 3 heteroatoms. The minimum atomic E-state index is -0.228. The van der Waals surface area contributed by atoms with Crippen molar-refractivity contribution in [2.24, 2.45) is 0 Å². The number of benzene rings is 1. The van der Waals surface area contributed by atoms with Crippen molar-refractivity contribution in [1.82, 2.24) is 5.32 Å². The molecule has 0 saturated heterocycles. The quantitative estimate of drug-likeness (QED) is 0.674. The number of hydrogen-bond acceptors (Lipinski definition) is 2. The molecule has 0 aliphatic carbocycles. The molecule has 1 rings (SSSR count). The predicted octanol–water partition coefficient (Wildman–Crippen LogP) is 5.41. The summed E-state index contributed by atoms with van der Waals surface area (Å²) < 4.78 is -0.0642. The number of amides is 1. The van der Waals surface area contributed by atoms with E-state index in [1.165, 1.54) is 0 Å². The average molecular weight is 324 g/mol. The first-order valence-electron chi connectivity index (χ1n) is 8.33. The summed E-state index contributed by atoms with van der Waals surface area (Å²) in [6.45, 7) is 14.5. The maximum Gasteiger partial charge on any atom is 0.251 e. The Morgan fingerprint density at radius 3 is 2.00 bits per heavy atom. The van der Waals surface area contributed by atoms with Crippen LogP contribution in [0, 0.1) is 6.92 Å². The summed E-state index contributed by atoms with van der Waals surface area (Å²) >= 11 is 4.71. The molecule has 0 heterocycles. The molecule has 0 bridgehead atoms. The highest BCUT2D eigenvalue weighted by molar-refractivity contribution is 7.81. The molecule has 1 aromatic carbocycles. The normalized spacial score (nSPS) is 15.8. The summed E-state index contributed by atoms with van der Waals surface area (Å²) in [6, 6.07) is 7.68. The third kappa shape index (κ3) is 6.87. The van der Waals surface area contributed by atoms with Crippen molar-refractivity contribution in [3.63, 3.8) is 0 Å². The van der Waals surface area contributed by atoms with Crippen molar-refractivity contribution >= 4 is 18.5 Å². The van der Waals surface area contributed by atoms with Crippen molar-refractivity contribution in [3.05, 3.63) is 35.4 Å². The Labute approximate surface area is 142 Å². The standard InChI is InChI=1S/C17H27NOS.C2H6/c1-6-16(4,12-17(5,20)7-2)18-15(19)14-10-8-13(3)9-11-14;1-2/h8-11,20H,6-7,12H2,1-5H3,(H,18,19);1-2H3. The molecule has 0 saturated carbocycles. The van der Waals surface area contributed by atoms with Crippen LogP contribution in [0.2, 0.25) is 0 Å². The van der Waals surface area contributed by atoms with E-state index < -0.39 is 0 Å². The van der Waals surface area contributed by atoms with Gasteiger partial charge in [-0.1, -0.05) is 52.3 Å². The van der Waals surface area contributed by atoms with Gasteiger partial charge in [-0.25, -0.2) is 0 Å². The topological polar surface area (TPSA) is 29.1 Å². The second kappa shape index (κ2) is 9.24. The van der Waals surface area contributed by atoms with Gasteiger partial charge in [-0.15, -0.1) is 0 Å². The second-order valence-electron chi connectivity index (χ2n) is 6.26. The lowest BCUT2D eigenvalue weighted by Crippen LogP contribution is -2.49. The zero-order chi connectivity index (χ0) is 17.4. The Bertz CT molecular complexity index is 453. The minimum Gasteiger partial charge on any atom is -0.347 e. The van der Waals surface area contributed by atoms with E-state index in [1.807, 2.05) is 45.0 Å². The molecule has 0 aliphatic rings. The van der Waals surface area contributed by atoms with Gasteiger partial charge in [0.2, 0.25) is 0 Å². The molecular formula is C19H33NOS. The van der Waals surface area contributed by atoms with Crippen LogP contribution < -0.4 is 5.32 Å². The predicted molar refractivity (Wildman–Crippen MR) is 101 cm³/mol. The monoisotopic (exact) mass is 323 g/mol. The van der Waals surface area contributed by atoms with E-state index in [2.05, 4.69) is 33.0 Å². The largest absolute Gasteiger partial charge is 0.347 e. The van der Waals surface area contributed by atoms with Gasteiger partial charge >= 0.3 is 0 Å². The first-order chi connectivity index (χ1) is 10.2. The lowest BCUT2D eigenvalue weighted by molar-refractivity contribution is 0.0893. The number of rotatable bonds is 6. The molecule has 0 aromatic heterocycles. The fraction of sp³-hybridized carbons (Fsp3) is 0.632. The van der Waals surface area contributed by atoms with Crippen LogP contribution in [-0.2, 0) is 0 Å². The van der Waals surface area contributed by atoms with Crippen molar-refractivity contribution in [3.8, 4) is 0 Å². The van der Waals surface area contributed by atoms with Crippen LogP contribution in [-0.4, -0.2) is 16.2 Å². The molecule has 22 heavy (non-hydrogen) atoms. The van der Waals surface area contributed by atoms with Gasteiger partial charge in [-0.05, 0) is 45.2 Å². The summed E-state index contributed by atoms with van der Waals surface area (Å²) in [5, 5.41) is 3.18. The van der Waals surface area contributed by atoms with Crippen molar-refractivity contribution < 1.29 is 4.79 Å². The molecule has 2 unspecified atom stereocenters. The van der Waals surface area contributed by atoms with E-state index in [1.54, 1.807) is 0 Å². The van der Waals surface area contributed by atoms with Crippen LogP contribution >= 0.6 is 12.6 Å². The maximum atomic E-state index is 12.4. The highest BCUT2D eigenvalue weighted by atomic mass is 32.1. The van der Waals surface area contributed by atoms with Crippen molar-refractivity contribution in [2.45, 2.75) is 78.0 Å². The van der Waals surface area contributed by atoms with Gasteiger partial charge in [0.05, 0.1) is 0 Å². The molecule has 0 fully saturated rings. The zero-order valence-corrected chi connectivity index (χ0v) is 16.2. The summed E-state index contributed by atoms with van der Waals surface area (Å²) in [6.07, 6.45) is 2.72. The fourth-order valence-electron chi connectivity index (χ4n) is 2.27. The van der Waals surface area contributed by atoms with E-state index in [4.69, 9.17) is 12.6 Å². The molecule has 1 amide bonds. The molecule has 1 N–H and O–H groups in total. The number of nitrogens with one attached hydrogen (secondary N) is 1. The Kier molecular flexibility index (Phi) is 8.84. The molecule has 0 radical (unpaired) electrons. The lowest BCUT2D eigenvalue weighted by atomic mass is 9.85. The molecule has 2 atom stereocenters. The second-order valence-corrected chi connectivity index (χ2v) is 7.34. The number of aryl methyl sites for hydroxylation is 1. The van der Waals surface area contributed by atoms with Gasteiger partial charge < -0.3 is 5.32 Å². The lowest BCUT2D eigenvalue weighted by Gasteiger charge is -2.36. The molecule has 126 valence electrons. The van der Waals surface area contributed by atoms with Crippen LogP contribution in [0.1, 0.15) is 76.7 Å². The van der Waals surface area contributed by atoms with Crippen LogP contribution in [0.4, 0.5) is 0 Å². The van der Waals surface area contributed by atoms with E-state index in [0.29, 0.717) is 5.56 Å². The van der Waals surface area contributed by atoms with Gasteiger partial charge in [0.25, 0.3) is 5.91 Å². The first kappa shape index (κ1) is 21.0. The number of carbonyl (C=O) groups excluding carboxylic acids is 1. The highest BCUT2D eigenvalue weighted by Gasteiger charge is 2.32. The number of carbonyl (C=O) groups is 1. The average Bonchev–Trinajstić information content (AvgIpc) is 2.49. The summed E-state index contributed by atoms with van der Waals surface area (Å²) in [4.78, 5) is 12.4.